The molecule has 1 saturated heterocycles. The average Bonchev–Trinajstić information content (AvgIpc) is 2.95. The lowest BCUT2D eigenvalue weighted by molar-refractivity contribution is -0.161. The van der Waals surface area contributed by atoms with Gasteiger partial charge in [-0.15, -0.1) is 0 Å². The van der Waals surface area contributed by atoms with Crippen molar-refractivity contribution in [3.63, 3.8) is 0 Å². The van der Waals surface area contributed by atoms with Crippen molar-refractivity contribution >= 4 is 11.8 Å². The van der Waals surface area contributed by atoms with Crippen LogP contribution in [-0.2, 0) is 16.0 Å². The van der Waals surface area contributed by atoms with Crippen molar-refractivity contribution in [2.24, 2.45) is 0 Å². The van der Waals surface area contributed by atoms with Gasteiger partial charge in [-0.3, -0.25) is 9.59 Å². The summed E-state index contributed by atoms with van der Waals surface area (Å²) in [6.07, 6.45) is 8.71. The minimum Gasteiger partial charge on any atom is -0.493 e. The Kier molecular flexibility index (Phi) is 10.6. The highest BCUT2D eigenvalue weighted by Gasteiger charge is 2.43. The van der Waals surface area contributed by atoms with Crippen LogP contribution >= 0.6 is 0 Å². The summed E-state index contributed by atoms with van der Waals surface area (Å²) in [6.45, 7) is 2.08. The second-order valence-electron chi connectivity index (χ2n) is 9.44. The quantitative estimate of drug-likeness (QED) is 0.314. The predicted octanol–water partition coefficient (Wildman–Crippen LogP) is 4.09. The van der Waals surface area contributed by atoms with E-state index in [1.54, 1.807) is 28.4 Å². The Labute approximate surface area is 225 Å². The SMILES string of the molecule is CCCCC/C=C/CN1C(=O)[C@H](Cc2ccc(-c3cc(OC)c(OC)c(OC)c3)cc2)N(C)C(=O)[C@@H]1CO. The number of allylic oxidation sites excluding steroid dienone is 1. The third-order valence-corrected chi connectivity index (χ3v) is 7.04. The molecule has 0 bridgehead atoms. The van der Waals surface area contributed by atoms with Crippen LogP contribution in [0.4, 0.5) is 0 Å². The van der Waals surface area contributed by atoms with E-state index < -0.39 is 18.7 Å². The van der Waals surface area contributed by atoms with Crippen molar-refractivity contribution in [1.29, 1.82) is 0 Å². The number of piperazine rings is 1. The molecule has 0 aliphatic carbocycles. The molecule has 2 amide bonds. The number of carbonyl (C=O) groups excluding carboxylic acids is 2. The Hall–Kier alpha value is -3.52. The second kappa shape index (κ2) is 13.9. The monoisotopic (exact) mass is 524 g/mol. The van der Waals surface area contributed by atoms with Gasteiger partial charge in [-0.1, -0.05) is 56.2 Å². The van der Waals surface area contributed by atoms with Crippen LogP contribution in [0.25, 0.3) is 11.1 Å². The number of hydrogen-bond acceptors (Lipinski definition) is 6. The summed E-state index contributed by atoms with van der Waals surface area (Å²) < 4.78 is 16.4. The highest BCUT2D eigenvalue weighted by atomic mass is 16.5. The number of benzene rings is 2. The molecule has 2 aromatic carbocycles. The molecule has 0 spiro atoms. The van der Waals surface area contributed by atoms with Crippen LogP contribution in [0.5, 0.6) is 17.2 Å². The Bertz CT molecular complexity index is 1090. The molecule has 0 saturated carbocycles. The number of aliphatic hydroxyl groups is 1. The number of methoxy groups -OCH3 is 3. The number of hydrogen-bond donors (Lipinski definition) is 1. The maximum absolute atomic E-state index is 13.5. The number of likely N-dealkylation sites (N-methyl/N-ethyl adjacent to an activating group) is 1. The number of nitrogens with zero attached hydrogens (tertiary/aromatic N) is 2. The van der Waals surface area contributed by atoms with E-state index in [1.165, 1.54) is 9.80 Å². The van der Waals surface area contributed by atoms with Gasteiger partial charge in [0.05, 0.1) is 27.9 Å². The van der Waals surface area contributed by atoms with Gasteiger partial charge < -0.3 is 29.1 Å². The van der Waals surface area contributed by atoms with Crippen LogP contribution in [0.2, 0.25) is 0 Å². The maximum atomic E-state index is 13.5. The molecule has 2 atom stereocenters. The topological polar surface area (TPSA) is 88.5 Å². The number of aliphatic hydroxyl groups excluding tert-OH is 1. The third kappa shape index (κ3) is 6.48. The summed E-state index contributed by atoms with van der Waals surface area (Å²) in [5.74, 6) is 1.26. The van der Waals surface area contributed by atoms with E-state index in [1.807, 2.05) is 42.5 Å². The highest BCUT2D eigenvalue weighted by molar-refractivity contribution is 5.97. The zero-order valence-corrected chi connectivity index (χ0v) is 23.1. The number of carbonyl (C=O) groups is 2. The lowest BCUT2D eigenvalue weighted by Crippen LogP contribution is -2.65. The zero-order chi connectivity index (χ0) is 27.7. The van der Waals surface area contributed by atoms with Gasteiger partial charge in [0.1, 0.15) is 12.1 Å². The zero-order valence-electron chi connectivity index (χ0n) is 23.1. The van der Waals surface area contributed by atoms with E-state index in [0.29, 0.717) is 30.2 Å². The van der Waals surface area contributed by atoms with Crippen LogP contribution in [0.1, 0.15) is 38.2 Å². The maximum Gasteiger partial charge on any atom is 0.248 e. The average molecular weight is 525 g/mol. The van der Waals surface area contributed by atoms with Gasteiger partial charge in [-0.05, 0) is 41.7 Å². The first kappa shape index (κ1) is 29.0. The summed E-state index contributed by atoms with van der Waals surface area (Å²) in [4.78, 5) is 29.4. The predicted molar refractivity (Wildman–Crippen MR) is 148 cm³/mol. The number of rotatable bonds is 13. The van der Waals surface area contributed by atoms with Gasteiger partial charge in [0, 0.05) is 20.0 Å². The van der Waals surface area contributed by atoms with Crippen molar-refractivity contribution < 1.29 is 28.9 Å². The van der Waals surface area contributed by atoms with Crippen LogP contribution in [0.3, 0.4) is 0 Å². The smallest absolute Gasteiger partial charge is 0.248 e. The summed E-state index contributed by atoms with van der Waals surface area (Å²) in [5, 5.41) is 9.87. The molecule has 0 aromatic heterocycles. The fourth-order valence-corrected chi connectivity index (χ4v) is 4.77. The van der Waals surface area contributed by atoms with E-state index >= 15 is 0 Å². The van der Waals surface area contributed by atoms with Crippen molar-refractivity contribution in [2.75, 3.05) is 41.5 Å². The molecule has 0 unspecified atom stereocenters. The van der Waals surface area contributed by atoms with Crippen molar-refractivity contribution in [2.45, 2.75) is 51.1 Å². The second-order valence-corrected chi connectivity index (χ2v) is 9.44. The third-order valence-electron chi connectivity index (χ3n) is 7.04. The summed E-state index contributed by atoms with van der Waals surface area (Å²) in [5.41, 5.74) is 2.77. The van der Waals surface area contributed by atoms with Crippen LogP contribution in [0.15, 0.2) is 48.6 Å². The standard InChI is InChI=1S/C30H40N2O6/c1-6-7-8-9-10-11-16-32-25(20-33)29(34)31(2)24(30(32)35)17-21-12-14-22(15-13-21)23-18-26(36-3)28(38-5)27(19-23)37-4/h10-15,18-19,24-25,33H,6-9,16-17,20H2,1-5H3/b11-10+/t24-,25-/m0/s1. The van der Waals surface area contributed by atoms with E-state index in [4.69, 9.17) is 14.2 Å². The van der Waals surface area contributed by atoms with Crippen LogP contribution in [-0.4, -0.2) is 80.3 Å². The van der Waals surface area contributed by atoms with Gasteiger partial charge in [0.2, 0.25) is 17.6 Å². The van der Waals surface area contributed by atoms with Gasteiger partial charge in [0.25, 0.3) is 0 Å². The molecule has 1 heterocycles. The number of unbranched alkanes of at least 4 members (excludes halogenated alkanes) is 3. The first-order valence-electron chi connectivity index (χ1n) is 13.1. The Morgan fingerprint density at radius 1 is 0.868 bits per heavy atom. The lowest BCUT2D eigenvalue weighted by atomic mass is 9.96. The molecule has 1 aliphatic rings. The molecule has 3 rings (SSSR count). The van der Waals surface area contributed by atoms with Gasteiger partial charge in [-0.2, -0.15) is 0 Å². The fourth-order valence-electron chi connectivity index (χ4n) is 4.77. The minimum absolute atomic E-state index is 0.155. The first-order chi connectivity index (χ1) is 18.4. The Morgan fingerprint density at radius 3 is 2.08 bits per heavy atom. The van der Waals surface area contributed by atoms with Gasteiger partial charge >= 0.3 is 0 Å². The fraction of sp³-hybridized carbons (Fsp3) is 0.467. The molecule has 8 nitrogen and oxygen atoms in total. The van der Waals surface area contributed by atoms with Crippen molar-refractivity contribution in [3.05, 3.63) is 54.1 Å². The number of amides is 2. The normalized spacial score (nSPS) is 17.8. The van der Waals surface area contributed by atoms with E-state index in [-0.39, 0.29) is 11.8 Å². The molecular formula is C30H40N2O6. The Balaban J connectivity index is 1.78. The molecule has 1 aliphatic heterocycles. The summed E-state index contributed by atoms with van der Waals surface area (Å²) >= 11 is 0. The summed E-state index contributed by atoms with van der Waals surface area (Å²) in [7, 11) is 6.36. The highest BCUT2D eigenvalue weighted by Crippen LogP contribution is 2.41. The van der Waals surface area contributed by atoms with E-state index in [0.717, 1.165) is 42.4 Å². The van der Waals surface area contributed by atoms with E-state index in [2.05, 4.69) is 13.0 Å². The minimum atomic E-state index is -0.855. The van der Waals surface area contributed by atoms with Crippen molar-refractivity contribution in [1.82, 2.24) is 9.80 Å². The number of ether oxygens (including phenoxy) is 3. The molecule has 206 valence electrons. The first-order valence-corrected chi connectivity index (χ1v) is 13.1. The molecule has 1 fully saturated rings. The molecule has 2 aromatic rings. The molecule has 0 radical (unpaired) electrons. The molecule has 8 heteroatoms. The van der Waals surface area contributed by atoms with Crippen molar-refractivity contribution in [3.8, 4) is 28.4 Å². The molecule has 38 heavy (non-hydrogen) atoms. The van der Waals surface area contributed by atoms with Crippen LogP contribution < -0.4 is 14.2 Å². The molecular weight excluding hydrogens is 484 g/mol. The lowest BCUT2D eigenvalue weighted by Gasteiger charge is -2.42. The Morgan fingerprint density at radius 2 is 1.53 bits per heavy atom. The largest absolute Gasteiger partial charge is 0.493 e. The molecule has 1 N–H and O–H groups in total. The van der Waals surface area contributed by atoms with E-state index in [9.17, 15) is 14.7 Å². The van der Waals surface area contributed by atoms with Gasteiger partial charge in [-0.25, -0.2) is 0 Å². The summed E-state index contributed by atoms with van der Waals surface area (Å²) in [6, 6.07) is 10.1. The van der Waals surface area contributed by atoms with Gasteiger partial charge in [0.15, 0.2) is 11.5 Å². The van der Waals surface area contributed by atoms with Crippen LogP contribution in [0, 0.1) is 0 Å².